The number of thioether (sulfide) groups is 1. The summed E-state index contributed by atoms with van der Waals surface area (Å²) in [7, 11) is 1.81. The van der Waals surface area contributed by atoms with E-state index in [-0.39, 0.29) is 23.4 Å². The van der Waals surface area contributed by atoms with E-state index in [9.17, 15) is 9.59 Å². The molecular weight excluding hydrogens is 340 g/mol. The maximum absolute atomic E-state index is 12.6. The van der Waals surface area contributed by atoms with Gasteiger partial charge in [-0.15, -0.1) is 10.2 Å². The van der Waals surface area contributed by atoms with Gasteiger partial charge in [-0.1, -0.05) is 11.8 Å². The number of benzene rings is 1. The summed E-state index contributed by atoms with van der Waals surface area (Å²) in [5, 5.41) is 8.48. The molecule has 1 aromatic heterocycles. The van der Waals surface area contributed by atoms with Crippen molar-refractivity contribution in [2.24, 2.45) is 12.8 Å². The van der Waals surface area contributed by atoms with Gasteiger partial charge in [0.25, 0.3) is 0 Å². The molecule has 134 valence electrons. The molecular formula is C17H22N4O3S. The summed E-state index contributed by atoms with van der Waals surface area (Å²) >= 11 is 1.34. The first-order chi connectivity index (χ1) is 11.9. The maximum Gasteiger partial charge on any atom is 0.217 e. The minimum absolute atomic E-state index is 0.00901. The molecule has 2 aromatic rings. The van der Waals surface area contributed by atoms with Crippen LogP contribution in [-0.2, 0) is 18.3 Å². The Morgan fingerprint density at radius 3 is 2.56 bits per heavy atom. The molecule has 0 radical (unpaired) electrons. The van der Waals surface area contributed by atoms with Crippen molar-refractivity contribution >= 4 is 23.5 Å². The molecule has 25 heavy (non-hydrogen) atoms. The van der Waals surface area contributed by atoms with Crippen molar-refractivity contribution in [1.82, 2.24) is 14.8 Å². The number of ether oxygens (including phenoxy) is 1. The van der Waals surface area contributed by atoms with E-state index in [2.05, 4.69) is 10.2 Å². The number of primary amides is 1. The average molecular weight is 362 g/mol. The molecule has 0 fully saturated rings. The molecule has 0 spiro atoms. The second-order valence-corrected chi connectivity index (χ2v) is 6.81. The Labute approximate surface area is 150 Å². The number of carbonyl (C=O) groups is 2. The lowest BCUT2D eigenvalue weighted by Gasteiger charge is -2.10. The van der Waals surface area contributed by atoms with Crippen molar-refractivity contribution in [1.29, 1.82) is 0 Å². The summed E-state index contributed by atoms with van der Waals surface area (Å²) in [5.74, 6) is 1.04. The molecule has 0 saturated carbocycles. The lowest BCUT2D eigenvalue weighted by Crippen LogP contribution is -2.15. The van der Waals surface area contributed by atoms with Gasteiger partial charge in [-0.2, -0.15) is 0 Å². The summed E-state index contributed by atoms with van der Waals surface area (Å²) < 4.78 is 7.17. The Morgan fingerprint density at radius 2 is 1.96 bits per heavy atom. The number of Topliss-reactive ketones (excluding diaryl/α,β-unsaturated/α-hetero) is 1. The molecule has 1 aromatic carbocycles. The SMILES string of the molecule is CCOc1ccc(C(=O)[C@H](C)Sc2nnc(CCC(N)=O)n2C)cc1. The van der Waals surface area contributed by atoms with E-state index in [4.69, 9.17) is 10.5 Å². The third-order valence-electron chi connectivity index (χ3n) is 3.62. The highest BCUT2D eigenvalue weighted by Crippen LogP contribution is 2.25. The largest absolute Gasteiger partial charge is 0.494 e. The summed E-state index contributed by atoms with van der Waals surface area (Å²) in [6.07, 6.45) is 0.651. The lowest BCUT2D eigenvalue weighted by molar-refractivity contribution is -0.118. The second-order valence-electron chi connectivity index (χ2n) is 5.51. The van der Waals surface area contributed by atoms with E-state index in [0.29, 0.717) is 29.6 Å². The van der Waals surface area contributed by atoms with Gasteiger partial charge < -0.3 is 15.0 Å². The zero-order valence-electron chi connectivity index (χ0n) is 14.6. The van der Waals surface area contributed by atoms with Crippen molar-refractivity contribution in [3.05, 3.63) is 35.7 Å². The number of nitrogens with zero attached hydrogens (tertiary/aromatic N) is 3. The molecule has 2 N–H and O–H groups in total. The van der Waals surface area contributed by atoms with Crippen LogP contribution in [0.5, 0.6) is 5.75 Å². The number of aryl methyl sites for hydroxylation is 1. The van der Waals surface area contributed by atoms with Gasteiger partial charge in [0.1, 0.15) is 11.6 Å². The third-order valence-corrected chi connectivity index (χ3v) is 4.76. The first-order valence-electron chi connectivity index (χ1n) is 8.02. The van der Waals surface area contributed by atoms with Crippen LogP contribution in [0.1, 0.15) is 36.5 Å². The number of hydrogen-bond acceptors (Lipinski definition) is 6. The van der Waals surface area contributed by atoms with Gasteiger partial charge in [-0.05, 0) is 38.1 Å². The van der Waals surface area contributed by atoms with Crippen molar-refractivity contribution in [3.8, 4) is 5.75 Å². The monoisotopic (exact) mass is 362 g/mol. The minimum atomic E-state index is -0.378. The van der Waals surface area contributed by atoms with E-state index in [1.54, 1.807) is 28.8 Å². The molecule has 1 amide bonds. The third kappa shape index (κ3) is 5.06. The molecule has 7 nitrogen and oxygen atoms in total. The van der Waals surface area contributed by atoms with Crippen molar-refractivity contribution in [2.45, 2.75) is 37.1 Å². The fraction of sp³-hybridized carbons (Fsp3) is 0.412. The first-order valence-corrected chi connectivity index (χ1v) is 8.90. The summed E-state index contributed by atoms with van der Waals surface area (Å²) in [4.78, 5) is 23.5. The normalized spacial score (nSPS) is 12.0. The molecule has 0 aliphatic heterocycles. The van der Waals surface area contributed by atoms with E-state index >= 15 is 0 Å². The topological polar surface area (TPSA) is 100 Å². The van der Waals surface area contributed by atoms with Crippen LogP contribution in [0.3, 0.4) is 0 Å². The lowest BCUT2D eigenvalue weighted by atomic mass is 10.1. The predicted molar refractivity (Wildman–Crippen MR) is 95.8 cm³/mol. The number of rotatable bonds is 9. The molecule has 0 bridgehead atoms. The molecule has 1 atom stereocenters. The Morgan fingerprint density at radius 1 is 1.28 bits per heavy atom. The van der Waals surface area contributed by atoms with Gasteiger partial charge in [0.15, 0.2) is 10.9 Å². The van der Waals surface area contributed by atoms with Crippen LogP contribution in [0, 0.1) is 0 Å². The van der Waals surface area contributed by atoms with Gasteiger partial charge in [-0.25, -0.2) is 0 Å². The molecule has 1 heterocycles. The zero-order valence-corrected chi connectivity index (χ0v) is 15.4. The number of carbonyl (C=O) groups excluding carboxylic acids is 2. The maximum atomic E-state index is 12.6. The quantitative estimate of drug-likeness (QED) is 0.541. The van der Waals surface area contributed by atoms with Gasteiger partial charge >= 0.3 is 0 Å². The van der Waals surface area contributed by atoms with E-state index < -0.39 is 0 Å². The second kappa shape index (κ2) is 8.66. The van der Waals surface area contributed by atoms with Gasteiger partial charge in [0, 0.05) is 25.5 Å². The highest BCUT2D eigenvalue weighted by Gasteiger charge is 2.20. The van der Waals surface area contributed by atoms with E-state index in [1.807, 2.05) is 20.9 Å². The van der Waals surface area contributed by atoms with E-state index in [1.165, 1.54) is 11.8 Å². The number of amides is 1. The van der Waals surface area contributed by atoms with Gasteiger partial charge in [0.05, 0.1) is 11.9 Å². The summed E-state index contributed by atoms with van der Waals surface area (Å²) in [6, 6.07) is 7.11. The Balaban J connectivity index is 2.02. The predicted octanol–water partition coefficient (Wildman–Crippen LogP) is 2.00. The highest BCUT2D eigenvalue weighted by molar-refractivity contribution is 8.00. The van der Waals surface area contributed by atoms with Crippen LogP contribution in [-0.4, -0.2) is 38.3 Å². The van der Waals surface area contributed by atoms with Crippen LogP contribution in [0.4, 0.5) is 0 Å². The van der Waals surface area contributed by atoms with E-state index in [0.717, 1.165) is 5.75 Å². The van der Waals surface area contributed by atoms with Crippen molar-refractivity contribution < 1.29 is 14.3 Å². The van der Waals surface area contributed by atoms with Crippen LogP contribution in [0.25, 0.3) is 0 Å². The van der Waals surface area contributed by atoms with Gasteiger partial charge in [0.2, 0.25) is 5.91 Å². The Kier molecular flexibility index (Phi) is 6.58. The molecule has 0 saturated heterocycles. The number of aromatic nitrogens is 3. The summed E-state index contributed by atoms with van der Waals surface area (Å²) in [6.45, 7) is 4.33. The fourth-order valence-corrected chi connectivity index (χ4v) is 3.14. The molecule has 0 aliphatic rings. The van der Waals surface area contributed by atoms with Crippen LogP contribution in [0.15, 0.2) is 29.4 Å². The van der Waals surface area contributed by atoms with Crippen LogP contribution < -0.4 is 10.5 Å². The molecule has 2 rings (SSSR count). The minimum Gasteiger partial charge on any atom is -0.494 e. The Hall–Kier alpha value is -2.35. The highest BCUT2D eigenvalue weighted by atomic mass is 32.2. The van der Waals surface area contributed by atoms with Crippen molar-refractivity contribution in [3.63, 3.8) is 0 Å². The fourth-order valence-electron chi connectivity index (χ4n) is 2.23. The standard InChI is InChI=1S/C17H22N4O3S/c1-4-24-13-7-5-12(6-8-13)16(23)11(2)25-17-20-19-15(21(17)3)10-9-14(18)22/h5-8,11H,4,9-10H2,1-3H3,(H2,18,22)/t11-/m0/s1. The molecule has 0 aliphatic carbocycles. The number of ketones is 1. The van der Waals surface area contributed by atoms with Crippen LogP contribution >= 0.6 is 11.8 Å². The number of hydrogen-bond donors (Lipinski definition) is 1. The molecule has 8 heteroatoms. The molecule has 0 unspecified atom stereocenters. The van der Waals surface area contributed by atoms with Gasteiger partial charge in [-0.3, -0.25) is 9.59 Å². The average Bonchev–Trinajstić information content (AvgIpc) is 2.93. The van der Waals surface area contributed by atoms with Crippen LogP contribution in [0.2, 0.25) is 0 Å². The summed E-state index contributed by atoms with van der Waals surface area (Å²) in [5.41, 5.74) is 5.78. The smallest absolute Gasteiger partial charge is 0.217 e. The van der Waals surface area contributed by atoms with Crippen molar-refractivity contribution in [2.75, 3.05) is 6.61 Å². The number of nitrogens with two attached hydrogens (primary N) is 1. The zero-order chi connectivity index (χ0) is 18.4. The Bertz CT molecular complexity index is 743. The first kappa shape index (κ1) is 19.0.